The van der Waals surface area contributed by atoms with E-state index in [0.29, 0.717) is 39.2 Å². The number of aryl methyl sites for hydroxylation is 2. The first kappa shape index (κ1) is 26.0. The van der Waals surface area contributed by atoms with Gasteiger partial charge >= 0.3 is 0 Å². The fourth-order valence-electron chi connectivity index (χ4n) is 3.52. The van der Waals surface area contributed by atoms with Gasteiger partial charge < -0.3 is 9.15 Å². The number of benzene rings is 2. The second kappa shape index (κ2) is 10.3. The molecular weight excluding hydrogens is 473 g/mol. The van der Waals surface area contributed by atoms with Crippen LogP contribution in [0.4, 0.5) is 0 Å². The van der Waals surface area contributed by atoms with Gasteiger partial charge in [-0.05, 0) is 69.7 Å². The second-order valence-corrected chi connectivity index (χ2v) is 10.0. The Morgan fingerprint density at radius 2 is 1.82 bits per heavy atom. The summed E-state index contributed by atoms with van der Waals surface area (Å²) in [5.74, 6) is 1.73. The van der Waals surface area contributed by atoms with E-state index in [0.717, 1.165) is 17.0 Å². The van der Waals surface area contributed by atoms with Gasteiger partial charge in [-0.1, -0.05) is 37.0 Å². The molecule has 0 N–H and O–H groups in total. The summed E-state index contributed by atoms with van der Waals surface area (Å²) in [6.07, 6.45) is 0.718. The number of rotatable bonds is 9. The van der Waals surface area contributed by atoms with Gasteiger partial charge in [-0.15, -0.1) is 0 Å². The summed E-state index contributed by atoms with van der Waals surface area (Å²) in [6, 6.07) is 10.4. The van der Waals surface area contributed by atoms with Crippen molar-refractivity contribution in [1.82, 2.24) is 4.98 Å². The molecule has 7 heteroatoms. The van der Waals surface area contributed by atoms with Crippen molar-refractivity contribution < 1.29 is 18.7 Å². The van der Waals surface area contributed by atoms with Gasteiger partial charge in [0.05, 0.1) is 16.3 Å². The molecule has 1 heterocycles. The minimum atomic E-state index is -0.928. The van der Waals surface area contributed by atoms with Gasteiger partial charge in [0.1, 0.15) is 11.5 Å². The van der Waals surface area contributed by atoms with E-state index in [-0.39, 0.29) is 23.9 Å². The van der Waals surface area contributed by atoms with Crippen LogP contribution in [0.3, 0.4) is 0 Å². The van der Waals surface area contributed by atoms with Crippen molar-refractivity contribution in [3.8, 4) is 17.2 Å². The summed E-state index contributed by atoms with van der Waals surface area (Å²) in [7, 11) is 0. The monoisotopic (exact) mass is 501 g/mol. The van der Waals surface area contributed by atoms with Gasteiger partial charge in [-0.3, -0.25) is 9.59 Å². The van der Waals surface area contributed by atoms with Crippen LogP contribution in [0, 0.1) is 6.92 Å². The highest BCUT2D eigenvalue weighted by atomic mass is 35.5. The predicted molar refractivity (Wildman–Crippen MR) is 135 cm³/mol. The topological polar surface area (TPSA) is 69.4 Å². The van der Waals surface area contributed by atoms with Crippen LogP contribution >= 0.6 is 23.2 Å². The lowest BCUT2D eigenvalue weighted by molar-refractivity contribution is -0.129. The molecule has 0 aliphatic heterocycles. The first-order chi connectivity index (χ1) is 15.9. The highest BCUT2D eigenvalue weighted by Crippen LogP contribution is 2.33. The largest absolute Gasteiger partial charge is 0.480 e. The van der Waals surface area contributed by atoms with E-state index >= 15 is 0 Å². The van der Waals surface area contributed by atoms with Gasteiger partial charge in [-0.2, -0.15) is 0 Å². The van der Waals surface area contributed by atoms with Gasteiger partial charge in [0.15, 0.2) is 17.2 Å². The maximum atomic E-state index is 13.0. The molecule has 34 heavy (non-hydrogen) atoms. The van der Waals surface area contributed by atoms with Crippen LogP contribution in [0.25, 0.3) is 11.5 Å². The zero-order chi connectivity index (χ0) is 25.2. The lowest BCUT2D eigenvalue weighted by Crippen LogP contribution is -2.36. The van der Waals surface area contributed by atoms with Crippen molar-refractivity contribution in [2.24, 2.45) is 0 Å². The molecule has 0 fully saturated rings. The number of halogens is 2. The molecule has 0 saturated carbocycles. The van der Waals surface area contributed by atoms with Crippen LogP contribution in [-0.4, -0.2) is 22.2 Å². The summed E-state index contributed by atoms with van der Waals surface area (Å²) in [6.45, 7) is 10.8. The summed E-state index contributed by atoms with van der Waals surface area (Å²) in [5, 5.41) is 0.990. The molecule has 0 aliphatic carbocycles. The van der Waals surface area contributed by atoms with E-state index in [4.69, 9.17) is 32.4 Å². The Hall–Kier alpha value is -2.63. The molecule has 2 aromatic carbocycles. The van der Waals surface area contributed by atoms with Gasteiger partial charge in [-0.25, -0.2) is 4.98 Å². The molecule has 0 aliphatic rings. The van der Waals surface area contributed by atoms with Crippen molar-refractivity contribution in [2.45, 2.75) is 65.9 Å². The van der Waals surface area contributed by atoms with Gasteiger partial charge in [0.2, 0.25) is 5.89 Å². The van der Waals surface area contributed by atoms with Crippen molar-refractivity contribution in [2.75, 3.05) is 0 Å². The van der Waals surface area contributed by atoms with Crippen LogP contribution in [0.15, 0.2) is 40.8 Å². The Morgan fingerprint density at radius 1 is 1.12 bits per heavy atom. The number of carbonyl (C=O) groups is 2. The maximum Gasteiger partial charge on any atom is 0.228 e. The van der Waals surface area contributed by atoms with Crippen molar-refractivity contribution in [3.05, 3.63) is 69.0 Å². The molecule has 0 spiro atoms. The smallest absolute Gasteiger partial charge is 0.228 e. The van der Waals surface area contributed by atoms with Crippen molar-refractivity contribution >= 4 is 34.8 Å². The number of Topliss-reactive ketones (excluding diaryl/α,β-unsaturated/α-hetero) is 2. The van der Waals surface area contributed by atoms with Crippen LogP contribution in [0.5, 0.6) is 5.75 Å². The van der Waals surface area contributed by atoms with Gasteiger partial charge in [0.25, 0.3) is 0 Å². The lowest BCUT2D eigenvalue weighted by Gasteiger charge is -2.23. The minimum absolute atomic E-state index is 0.00124. The normalized spacial score (nSPS) is 11.7. The predicted octanol–water partition coefficient (Wildman–Crippen LogP) is 7.64. The van der Waals surface area contributed by atoms with Crippen LogP contribution in [0.2, 0.25) is 10.0 Å². The average molecular weight is 502 g/mol. The second-order valence-electron chi connectivity index (χ2n) is 9.18. The molecule has 3 aromatic rings. The van der Waals surface area contributed by atoms with Crippen LogP contribution in [-0.2, 0) is 11.2 Å². The number of aromatic nitrogens is 1. The first-order valence-electron chi connectivity index (χ1n) is 11.2. The van der Waals surface area contributed by atoms with E-state index in [1.165, 1.54) is 6.92 Å². The third-order valence-electron chi connectivity index (χ3n) is 5.72. The van der Waals surface area contributed by atoms with Crippen LogP contribution < -0.4 is 4.74 Å². The Kier molecular flexibility index (Phi) is 7.89. The zero-order valence-corrected chi connectivity index (χ0v) is 21.8. The fourth-order valence-corrected chi connectivity index (χ4v) is 4.01. The van der Waals surface area contributed by atoms with Crippen LogP contribution in [0.1, 0.15) is 74.3 Å². The summed E-state index contributed by atoms with van der Waals surface area (Å²) >= 11 is 12.3. The quantitative estimate of drug-likeness (QED) is 0.281. The summed E-state index contributed by atoms with van der Waals surface area (Å²) in [5.41, 5.74) is 1.88. The molecule has 5 nitrogen and oxygen atoms in total. The molecular formula is C27H29Cl2NO4. The molecule has 0 bridgehead atoms. The minimum Gasteiger partial charge on any atom is -0.480 e. The maximum absolute atomic E-state index is 13.0. The molecule has 0 radical (unpaired) electrons. The van der Waals surface area contributed by atoms with E-state index in [9.17, 15) is 9.59 Å². The molecule has 180 valence electrons. The number of oxazole rings is 1. The number of hydrogen-bond donors (Lipinski definition) is 0. The molecule has 1 aromatic heterocycles. The zero-order valence-electron chi connectivity index (χ0n) is 20.3. The number of ketones is 2. The Morgan fingerprint density at radius 3 is 2.41 bits per heavy atom. The molecule has 0 amide bonds. The van der Waals surface area contributed by atoms with Gasteiger partial charge in [0, 0.05) is 29.3 Å². The van der Waals surface area contributed by atoms with E-state index in [1.807, 2.05) is 20.8 Å². The first-order valence-corrected chi connectivity index (χ1v) is 11.9. The average Bonchev–Trinajstić information content (AvgIpc) is 3.16. The Balaban J connectivity index is 1.78. The third kappa shape index (κ3) is 5.89. The summed E-state index contributed by atoms with van der Waals surface area (Å²) < 4.78 is 11.8. The standard InChI is InChI=1S/C27H29Cl2NO4/c1-15(2)25-23(30-26(33-25)21-9-7-18(28)14-22(21)29)11-12-24(32)20-10-8-19(13-16(20)3)34-27(5,6)17(4)31/h7-10,13-15H,11-12H2,1-6H3. The molecule has 0 unspecified atom stereocenters. The number of carbonyl (C=O) groups excluding carboxylic acids is 2. The fraction of sp³-hybridized carbons (Fsp3) is 0.370. The summed E-state index contributed by atoms with van der Waals surface area (Å²) in [4.78, 5) is 29.4. The lowest BCUT2D eigenvalue weighted by atomic mass is 9.99. The van der Waals surface area contributed by atoms with E-state index < -0.39 is 5.60 Å². The number of ether oxygens (including phenoxy) is 1. The van der Waals surface area contributed by atoms with E-state index in [2.05, 4.69) is 4.98 Å². The number of hydrogen-bond acceptors (Lipinski definition) is 5. The highest BCUT2D eigenvalue weighted by Gasteiger charge is 2.26. The van der Waals surface area contributed by atoms with E-state index in [1.54, 1.807) is 50.2 Å². The van der Waals surface area contributed by atoms with Crippen molar-refractivity contribution in [3.63, 3.8) is 0 Å². The Labute approximate surface area is 210 Å². The highest BCUT2D eigenvalue weighted by molar-refractivity contribution is 6.36. The molecule has 0 saturated heterocycles. The third-order valence-corrected chi connectivity index (χ3v) is 6.27. The SMILES string of the molecule is CC(=O)C(C)(C)Oc1ccc(C(=O)CCc2nc(-c3ccc(Cl)cc3Cl)oc2C(C)C)c(C)c1. The Bertz CT molecular complexity index is 1230. The van der Waals surface area contributed by atoms with Crippen molar-refractivity contribution in [1.29, 1.82) is 0 Å². The molecule has 3 rings (SSSR count). The number of nitrogens with zero attached hydrogens (tertiary/aromatic N) is 1. The molecule has 0 atom stereocenters.